The van der Waals surface area contributed by atoms with Crippen molar-refractivity contribution < 1.29 is 19.2 Å². The largest absolute Gasteiger partial charge is 0.497 e. The van der Waals surface area contributed by atoms with Crippen LogP contribution in [-0.2, 0) is 4.79 Å². The Morgan fingerprint density at radius 3 is 2.28 bits per heavy atom. The van der Waals surface area contributed by atoms with Gasteiger partial charge in [0.2, 0.25) is 0 Å². The van der Waals surface area contributed by atoms with Crippen molar-refractivity contribution in [1.29, 1.82) is 0 Å². The second-order valence-electron chi connectivity index (χ2n) is 5.04. The molecule has 1 amide bonds. The van der Waals surface area contributed by atoms with E-state index >= 15 is 0 Å². The topological polar surface area (TPSA) is 103 Å². The van der Waals surface area contributed by atoms with Gasteiger partial charge in [0.1, 0.15) is 11.5 Å². The molecule has 132 valence electrons. The van der Waals surface area contributed by atoms with E-state index in [1.165, 1.54) is 12.1 Å². The van der Waals surface area contributed by atoms with Gasteiger partial charge in [-0.2, -0.15) is 0 Å². The first kappa shape index (κ1) is 18.1. The molecule has 0 aliphatic rings. The molecule has 2 rings (SSSR count). The zero-order valence-corrected chi connectivity index (χ0v) is 13.7. The zero-order valence-electron chi connectivity index (χ0n) is 13.7. The van der Waals surface area contributed by atoms with E-state index in [1.807, 2.05) is 0 Å². The fourth-order valence-electron chi connectivity index (χ4n) is 1.98. The maximum atomic E-state index is 11.7. The van der Waals surface area contributed by atoms with E-state index in [4.69, 9.17) is 9.47 Å². The number of nitro benzene ring substituents is 1. The first-order valence-corrected chi connectivity index (χ1v) is 7.60. The summed E-state index contributed by atoms with van der Waals surface area (Å²) in [5, 5.41) is 16.3. The number of amides is 1. The van der Waals surface area contributed by atoms with Crippen LogP contribution in [0.15, 0.2) is 48.5 Å². The molecule has 0 saturated heterocycles. The maximum Gasteiger partial charge on any atom is 0.269 e. The Hall–Kier alpha value is -3.29. The average molecular weight is 345 g/mol. The van der Waals surface area contributed by atoms with Gasteiger partial charge in [-0.05, 0) is 36.4 Å². The summed E-state index contributed by atoms with van der Waals surface area (Å²) in [4.78, 5) is 21.8. The molecule has 0 unspecified atom stereocenters. The smallest absolute Gasteiger partial charge is 0.269 e. The lowest BCUT2D eigenvalue weighted by atomic mass is 10.3. The van der Waals surface area contributed by atoms with Gasteiger partial charge in [0.15, 0.2) is 6.61 Å². The Balaban J connectivity index is 1.63. The van der Waals surface area contributed by atoms with Crippen molar-refractivity contribution >= 4 is 17.3 Å². The number of anilines is 1. The van der Waals surface area contributed by atoms with Crippen molar-refractivity contribution in [2.24, 2.45) is 0 Å². The molecule has 0 fully saturated rings. The molecule has 2 N–H and O–H groups in total. The number of nitrogens with one attached hydrogen (secondary N) is 2. The van der Waals surface area contributed by atoms with Gasteiger partial charge in [-0.3, -0.25) is 14.9 Å². The zero-order chi connectivity index (χ0) is 18.1. The standard InChI is InChI=1S/C17H19N3O5/c1-24-15-6-8-16(9-7-15)25-12-17(21)19-11-10-18-13-2-4-14(5-3-13)20(22)23/h2-9,18H,10-12H2,1H3,(H,19,21). The number of rotatable bonds is 9. The highest BCUT2D eigenvalue weighted by molar-refractivity contribution is 5.77. The van der Waals surface area contributed by atoms with Crippen LogP contribution in [0.4, 0.5) is 11.4 Å². The number of methoxy groups -OCH3 is 1. The highest BCUT2D eigenvalue weighted by Crippen LogP contribution is 2.17. The molecule has 0 heterocycles. The van der Waals surface area contributed by atoms with Crippen LogP contribution in [0.5, 0.6) is 11.5 Å². The molecule has 8 heteroatoms. The van der Waals surface area contributed by atoms with Crippen LogP contribution in [-0.4, -0.2) is 37.6 Å². The fourth-order valence-corrected chi connectivity index (χ4v) is 1.98. The highest BCUT2D eigenvalue weighted by Gasteiger charge is 2.04. The summed E-state index contributed by atoms with van der Waals surface area (Å²) in [6, 6.07) is 13.0. The predicted molar refractivity (Wildman–Crippen MR) is 93.1 cm³/mol. The molecule has 0 aliphatic heterocycles. The molecule has 0 atom stereocenters. The lowest BCUT2D eigenvalue weighted by molar-refractivity contribution is -0.384. The Kier molecular flexibility index (Phi) is 6.58. The van der Waals surface area contributed by atoms with Crippen molar-refractivity contribution in [3.8, 4) is 11.5 Å². The van der Waals surface area contributed by atoms with E-state index in [0.29, 0.717) is 24.6 Å². The second kappa shape index (κ2) is 9.11. The number of nitrogens with zero attached hydrogens (tertiary/aromatic N) is 1. The summed E-state index contributed by atoms with van der Waals surface area (Å²) < 4.78 is 10.4. The third-order valence-corrected chi connectivity index (χ3v) is 3.28. The minimum atomic E-state index is -0.452. The van der Waals surface area contributed by atoms with Gasteiger partial charge in [0.05, 0.1) is 12.0 Å². The number of benzene rings is 2. The molecule has 2 aromatic carbocycles. The SMILES string of the molecule is COc1ccc(OCC(=O)NCCNc2ccc([N+](=O)[O-])cc2)cc1. The van der Waals surface area contributed by atoms with Crippen molar-refractivity contribution in [3.05, 3.63) is 58.6 Å². The van der Waals surface area contributed by atoms with E-state index in [0.717, 1.165) is 5.69 Å². The van der Waals surface area contributed by atoms with Crippen molar-refractivity contribution in [1.82, 2.24) is 5.32 Å². The molecule has 25 heavy (non-hydrogen) atoms. The first-order chi connectivity index (χ1) is 12.1. The Labute approximate surface area is 144 Å². The number of ether oxygens (including phenoxy) is 2. The molecule has 0 spiro atoms. The molecule has 0 radical (unpaired) electrons. The monoisotopic (exact) mass is 345 g/mol. The molecule has 0 aliphatic carbocycles. The van der Waals surface area contributed by atoms with E-state index in [2.05, 4.69) is 10.6 Å². The number of carbonyl (C=O) groups is 1. The second-order valence-corrected chi connectivity index (χ2v) is 5.04. The summed E-state index contributed by atoms with van der Waals surface area (Å²) in [5.74, 6) is 1.07. The number of hydrogen-bond acceptors (Lipinski definition) is 6. The number of carbonyl (C=O) groups excluding carboxylic acids is 1. The van der Waals surface area contributed by atoms with E-state index in [9.17, 15) is 14.9 Å². The Morgan fingerprint density at radius 1 is 1.04 bits per heavy atom. The van der Waals surface area contributed by atoms with Crippen LogP contribution in [0.25, 0.3) is 0 Å². The van der Waals surface area contributed by atoms with Gasteiger partial charge < -0.3 is 20.1 Å². The van der Waals surface area contributed by atoms with E-state index < -0.39 is 4.92 Å². The van der Waals surface area contributed by atoms with Crippen LogP contribution < -0.4 is 20.1 Å². The highest BCUT2D eigenvalue weighted by atomic mass is 16.6. The molecule has 0 aromatic heterocycles. The molecule has 8 nitrogen and oxygen atoms in total. The van der Waals surface area contributed by atoms with Crippen LogP contribution in [0.3, 0.4) is 0 Å². The fraction of sp³-hybridized carbons (Fsp3) is 0.235. The maximum absolute atomic E-state index is 11.7. The number of nitro groups is 1. The van der Waals surface area contributed by atoms with Crippen LogP contribution in [0, 0.1) is 10.1 Å². The van der Waals surface area contributed by atoms with E-state index in [-0.39, 0.29) is 18.2 Å². The van der Waals surface area contributed by atoms with Gasteiger partial charge in [0.25, 0.3) is 11.6 Å². The summed E-state index contributed by atoms with van der Waals surface area (Å²) in [6.45, 7) is 0.817. The minimum absolute atomic E-state index is 0.0366. The Bertz CT molecular complexity index is 701. The normalized spacial score (nSPS) is 9.96. The van der Waals surface area contributed by atoms with Gasteiger partial charge in [-0.15, -0.1) is 0 Å². The third-order valence-electron chi connectivity index (χ3n) is 3.28. The summed E-state index contributed by atoms with van der Waals surface area (Å²) in [6.07, 6.45) is 0. The van der Waals surface area contributed by atoms with Crippen LogP contribution in [0.2, 0.25) is 0 Å². The first-order valence-electron chi connectivity index (χ1n) is 7.60. The lowest BCUT2D eigenvalue weighted by Crippen LogP contribution is -2.32. The van der Waals surface area contributed by atoms with Gasteiger partial charge in [-0.1, -0.05) is 0 Å². The predicted octanol–water partition coefficient (Wildman–Crippen LogP) is 2.21. The summed E-state index contributed by atoms with van der Waals surface area (Å²) >= 11 is 0. The molecule has 0 bridgehead atoms. The van der Waals surface area contributed by atoms with Gasteiger partial charge in [-0.25, -0.2) is 0 Å². The molecule has 2 aromatic rings. The van der Waals surface area contributed by atoms with Gasteiger partial charge >= 0.3 is 0 Å². The Morgan fingerprint density at radius 2 is 1.68 bits per heavy atom. The molecular weight excluding hydrogens is 326 g/mol. The number of hydrogen-bond donors (Lipinski definition) is 2. The van der Waals surface area contributed by atoms with Crippen molar-refractivity contribution in [2.45, 2.75) is 0 Å². The summed E-state index contributed by atoms with van der Waals surface area (Å²) in [7, 11) is 1.58. The van der Waals surface area contributed by atoms with Crippen molar-refractivity contribution in [2.75, 3.05) is 32.1 Å². The summed E-state index contributed by atoms with van der Waals surface area (Å²) in [5.41, 5.74) is 0.781. The quantitative estimate of drug-likeness (QED) is 0.410. The van der Waals surface area contributed by atoms with Gasteiger partial charge in [0, 0.05) is 30.9 Å². The minimum Gasteiger partial charge on any atom is -0.497 e. The molecular formula is C17H19N3O5. The van der Waals surface area contributed by atoms with E-state index in [1.54, 1.807) is 43.5 Å². The third kappa shape index (κ3) is 6.02. The number of non-ortho nitro benzene ring substituents is 1. The van der Waals surface area contributed by atoms with Crippen LogP contribution in [0.1, 0.15) is 0 Å². The van der Waals surface area contributed by atoms with Crippen molar-refractivity contribution in [3.63, 3.8) is 0 Å². The van der Waals surface area contributed by atoms with Crippen LogP contribution >= 0.6 is 0 Å². The lowest BCUT2D eigenvalue weighted by Gasteiger charge is -2.09. The molecule has 0 saturated carbocycles. The average Bonchev–Trinajstić information content (AvgIpc) is 2.64.